The van der Waals surface area contributed by atoms with Crippen LogP contribution in [0.4, 0.5) is 0 Å². The summed E-state index contributed by atoms with van der Waals surface area (Å²) >= 11 is 3.46. The zero-order valence-electron chi connectivity index (χ0n) is 9.01. The number of nitrogens with zero attached hydrogens (tertiary/aromatic N) is 1. The molecule has 0 aliphatic rings. The number of aromatic nitrogens is 1. The van der Waals surface area contributed by atoms with Gasteiger partial charge in [0.1, 0.15) is 5.75 Å². The summed E-state index contributed by atoms with van der Waals surface area (Å²) in [4.78, 5) is 5.67. The molecule has 2 rings (SSSR count). The highest BCUT2D eigenvalue weighted by Crippen LogP contribution is 2.25. The second kappa shape index (κ2) is 5.37. The lowest BCUT2D eigenvalue weighted by Crippen LogP contribution is -1.82. The van der Waals surface area contributed by atoms with Crippen LogP contribution < -0.4 is 0 Å². The highest BCUT2D eigenvalue weighted by Gasteiger charge is 2.01. The van der Waals surface area contributed by atoms with Crippen molar-refractivity contribution in [1.29, 1.82) is 0 Å². The summed E-state index contributed by atoms with van der Waals surface area (Å²) in [6, 6.07) is 7.27. The molecule has 2 nitrogen and oxygen atoms in total. The highest BCUT2D eigenvalue weighted by atomic mass is 32.2. The summed E-state index contributed by atoms with van der Waals surface area (Å²) < 4.78 is 0. The lowest BCUT2D eigenvalue weighted by Gasteiger charge is -1.99. The predicted molar refractivity (Wildman–Crippen MR) is 69.2 cm³/mol. The van der Waals surface area contributed by atoms with Crippen LogP contribution in [-0.2, 0) is 12.2 Å². The van der Waals surface area contributed by atoms with Crippen molar-refractivity contribution in [3.8, 4) is 5.75 Å². The first-order valence-corrected chi connectivity index (χ1v) is 6.99. The molecule has 0 fully saturated rings. The molecule has 0 radical (unpaired) electrons. The van der Waals surface area contributed by atoms with Crippen molar-refractivity contribution < 1.29 is 5.11 Å². The van der Waals surface area contributed by atoms with E-state index in [4.69, 9.17) is 5.11 Å². The third-order valence-corrected chi connectivity index (χ3v) is 4.21. The lowest BCUT2D eigenvalue weighted by atomic mass is 10.3. The van der Waals surface area contributed by atoms with Crippen molar-refractivity contribution in [2.24, 2.45) is 0 Å². The quantitative estimate of drug-likeness (QED) is 0.841. The fourth-order valence-corrected chi connectivity index (χ4v) is 2.92. The largest absolute Gasteiger partial charge is 0.508 e. The number of hydrogen-bond donors (Lipinski definition) is 1. The fourth-order valence-electron chi connectivity index (χ4n) is 1.28. The zero-order chi connectivity index (χ0) is 11.4. The van der Waals surface area contributed by atoms with Gasteiger partial charge in [-0.25, -0.2) is 4.98 Å². The summed E-state index contributed by atoms with van der Waals surface area (Å²) in [5.74, 6) is 1.20. The van der Waals surface area contributed by atoms with Crippen molar-refractivity contribution >= 4 is 23.1 Å². The van der Waals surface area contributed by atoms with E-state index >= 15 is 0 Å². The van der Waals surface area contributed by atoms with Gasteiger partial charge in [0.2, 0.25) is 0 Å². The molecule has 2 aromatic rings. The van der Waals surface area contributed by atoms with E-state index in [9.17, 15) is 0 Å². The van der Waals surface area contributed by atoms with E-state index in [1.807, 2.05) is 12.1 Å². The number of phenolic OH excluding ortho intramolecular Hbond substituents is 1. The van der Waals surface area contributed by atoms with Crippen LogP contribution in [0.25, 0.3) is 0 Å². The van der Waals surface area contributed by atoms with Gasteiger partial charge in [0, 0.05) is 16.0 Å². The van der Waals surface area contributed by atoms with Gasteiger partial charge in [-0.05, 0) is 30.7 Å². The number of phenols is 1. The molecular weight excluding hydrogens is 238 g/mol. The molecule has 0 saturated carbocycles. The summed E-state index contributed by atoms with van der Waals surface area (Å²) in [6.45, 7) is 2.12. The van der Waals surface area contributed by atoms with E-state index in [-0.39, 0.29) is 0 Å². The van der Waals surface area contributed by atoms with Crippen LogP contribution in [0.2, 0.25) is 0 Å². The van der Waals surface area contributed by atoms with Crippen LogP contribution in [0.1, 0.15) is 17.6 Å². The Morgan fingerprint density at radius 2 is 2.06 bits per heavy atom. The molecule has 0 aliphatic carbocycles. The van der Waals surface area contributed by atoms with E-state index in [0.29, 0.717) is 5.75 Å². The maximum absolute atomic E-state index is 9.16. The summed E-state index contributed by atoms with van der Waals surface area (Å²) in [5, 5.41) is 12.5. The number of rotatable bonds is 4. The molecule has 84 valence electrons. The van der Waals surface area contributed by atoms with Gasteiger partial charge in [-0.3, -0.25) is 0 Å². The first-order valence-electron chi connectivity index (χ1n) is 5.13. The third kappa shape index (κ3) is 3.00. The average Bonchev–Trinajstić information content (AvgIpc) is 2.76. The number of aryl methyl sites for hydroxylation is 1. The molecule has 4 heteroatoms. The molecule has 16 heavy (non-hydrogen) atoms. The first-order chi connectivity index (χ1) is 7.78. The highest BCUT2D eigenvalue weighted by molar-refractivity contribution is 7.98. The minimum absolute atomic E-state index is 0.311. The summed E-state index contributed by atoms with van der Waals surface area (Å²) in [7, 11) is 0. The Balaban J connectivity index is 1.94. The third-order valence-electron chi connectivity index (χ3n) is 2.13. The summed E-state index contributed by atoms with van der Waals surface area (Å²) in [5.41, 5.74) is 1.14. The van der Waals surface area contributed by atoms with Crippen molar-refractivity contribution in [2.75, 3.05) is 0 Å². The Morgan fingerprint density at radius 3 is 2.69 bits per heavy atom. The van der Waals surface area contributed by atoms with Crippen LogP contribution in [0.3, 0.4) is 0 Å². The smallest absolute Gasteiger partial charge is 0.115 e. The van der Waals surface area contributed by atoms with Gasteiger partial charge in [-0.1, -0.05) is 6.92 Å². The predicted octanol–water partition coefficient (Wildman–Crippen LogP) is 3.70. The van der Waals surface area contributed by atoms with Gasteiger partial charge >= 0.3 is 0 Å². The Labute approximate surface area is 103 Å². The minimum atomic E-state index is 0.311. The van der Waals surface area contributed by atoms with Gasteiger partial charge in [-0.15, -0.1) is 23.1 Å². The van der Waals surface area contributed by atoms with Crippen molar-refractivity contribution in [2.45, 2.75) is 24.0 Å². The number of thiazole rings is 1. The van der Waals surface area contributed by atoms with Gasteiger partial charge in [0.05, 0.1) is 10.7 Å². The molecule has 0 aliphatic heterocycles. The Morgan fingerprint density at radius 1 is 1.31 bits per heavy atom. The molecule has 0 saturated heterocycles. The van der Waals surface area contributed by atoms with Crippen molar-refractivity contribution in [1.82, 2.24) is 4.98 Å². The molecule has 1 aromatic carbocycles. The lowest BCUT2D eigenvalue weighted by molar-refractivity contribution is 0.475. The maximum Gasteiger partial charge on any atom is 0.115 e. The Kier molecular flexibility index (Phi) is 3.85. The molecule has 0 amide bonds. The number of benzene rings is 1. The molecule has 0 spiro atoms. The van der Waals surface area contributed by atoms with Crippen molar-refractivity contribution in [3.63, 3.8) is 0 Å². The first kappa shape index (κ1) is 11.5. The van der Waals surface area contributed by atoms with E-state index < -0.39 is 0 Å². The molecular formula is C12H13NOS2. The van der Waals surface area contributed by atoms with Crippen LogP contribution in [0.15, 0.2) is 34.5 Å². The monoisotopic (exact) mass is 251 g/mol. The van der Waals surface area contributed by atoms with Crippen LogP contribution in [0, 0.1) is 0 Å². The van der Waals surface area contributed by atoms with E-state index in [1.54, 1.807) is 35.2 Å². The van der Waals surface area contributed by atoms with Crippen LogP contribution in [0.5, 0.6) is 5.75 Å². The minimum Gasteiger partial charge on any atom is -0.508 e. The summed E-state index contributed by atoms with van der Waals surface area (Å²) in [6.07, 6.45) is 1.01. The number of thioether (sulfide) groups is 1. The van der Waals surface area contributed by atoms with Crippen LogP contribution in [-0.4, -0.2) is 10.1 Å². The second-order valence-corrected chi connectivity index (χ2v) is 5.36. The SMILES string of the molecule is CCc1nc(CSc2ccc(O)cc2)cs1. The number of aromatic hydroxyl groups is 1. The normalized spacial score (nSPS) is 10.6. The van der Waals surface area contributed by atoms with E-state index in [2.05, 4.69) is 17.3 Å². The zero-order valence-corrected chi connectivity index (χ0v) is 10.6. The fraction of sp³-hybridized carbons (Fsp3) is 0.250. The van der Waals surface area contributed by atoms with E-state index in [0.717, 1.165) is 22.8 Å². The standard InChI is InChI=1S/C12H13NOS2/c1-2-12-13-9(8-16-12)7-15-11-5-3-10(14)4-6-11/h3-6,8,14H,2,7H2,1H3. The molecule has 1 aromatic heterocycles. The second-order valence-electron chi connectivity index (χ2n) is 3.37. The molecule has 0 atom stereocenters. The molecule has 0 unspecified atom stereocenters. The maximum atomic E-state index is 9.16. The Bertz CT molecular complexity index is 450. The molecule has 0 bridgehead atoms. The van der Waals surface area contributed by atoms with Gasteiger partial charge in [-0.2, -0.15) is 0 Å². The van der Waals surface area contributed by atoms with Crippen molar-refractivity contribution in [3.05, 3.63) is 40.3 Å². The van der Waals surface area contributed by atoms with Gasteiger partial charge in [0.25, 0.3) is 0 Å². The van der Waals surface area contributed by atoms with Gasteiger partial charge in [0.15, 0.2) is 0 Å². The van der Waals surface area contributed by atoms with Gasteiger partial charge < -0.3 is 5.11 Å². The average molecular weight is 251 g/mol. The Hall–Kier alpha value is -1.00. The molecule has 1 heterocycles. The van der Waals surface area contributed by atoms with Crippen LogP contribution >= 0.6 is 23.1 Å². The topological polar surface area (TPSA) is 33.1 Å². The molecule has 1 N–H and O–H groups in total. The van der Waals surface area contributed by atoms with E-state index in [1.165, 1.54) is 5.01 Å². The number of hydrogen-bond acceptors (Lipinski definition) is 4.